The third-order valence-electron chi connectivity index (χ3n) is 1.53. The molecule has 0 amide bonds. The van der Waals surface area contributed by atoms with Gasteiger partial charge in [0.15, 0.2) is 0 Å². The Morgan fingerprint density at radius 1 is 1.64 bits per heavy atom. The fourth-order valence-electron chi connectivity index (χ4n) is 1.01. The van der Waals surface area contributed by atoms with Gasteiger partial charge in [0.1, 0.15) is 11.8 Å². The Bertz CT molecular complexity index is 441. The number of H-pyrrole nitrogens is 1. The summed E-state index contributed by atoms with van der Waals surface area (Å²) in [5.41, 5.74) is 1.20. The second kappa shape index (κ2) is 1.91. The van der Waals surface area contributed by atoms with Crippen LogP contribution in [0, 0.1) is 6.92 Å². The van der Waals surface area contributed by atoms with Gasteiger partial charge in [-0.2, -0.15) is 10.2 Å². The lowest BCUT2D eigenvalue weighted by molar-refractivity contribution is 0.846. The lowest BCUT2D eigenvalue weighted by Gasteiger charge is -1.88. The van der Waals surface area contributed by atoms with Gasteiger partial charge in [-0.05, 0) is 6.92 Å². The number of aryl methyl sites for hydroxylation is 1. The highest BCUT2D eigenvalue weighted by Crippen LogP contribution is 1.99. The highest BCUT2D eigenvalue weighted by atomic mass is 16.1. The molecular weight excluding hydrogens is 144 g/mol. The Balaban J connectivity index is 3.08. The van der Waals surface area contributed by atoms with Crippen LogP contribution in [0.15, 0.2) is 17.3 Å². The Labute approximate surface area is 61.7 Å². The van der Waals surface area contributed by atoms with E-state index >= 15 is 0 Å². The van der Waals surface area contributed by atoms with Crippen molar-refractivity contribution in [2.45, 2.75) is 6.92 Å². The van der Waals surface area contributed by atoms with Crippen LogP contribution in [0.5, 0.6) is 0 Å². The molecule has 56 valence electrons. The summed E-state index contributed by atoms with van der Waals surface area (Å²) in [6.45, 7) is 1.83. The summed E-state index contributed by atoms with van der Waals surface area (Å²) in [6.07, 6.45) is 3.09. The molecule has 0 aromatic carbocycles. The molecule has 2 rings (SSSR count). The molecule has 2 heterocycles. The molecule has 0 spiro atoms. The summed E-state index contributed by atoms with van der Waals surface area (Å²) < 4.78 is 1.45. The summed E-state index contributed by atoms with van der Waals surface area (Å²) in [5, 5.41) is 9.84. The van der Waals surface area contributed by atoms with Crippen molar-refractivity contribution in [1.29, 1.82) is 0 Å². The minimum absolute atomic E-state index is 0.206. The van der Waals surface area contributed by atoms with Crippen molar-refractivity contribution in [3.05, 3.63) is 28.4 Å². The molecule has 0 saturated heterocycles. The second-order valence-electron chi connectivity index (χ2n) is 2.31. The van der Waals surface area contributed by atoms with Gasteiger partial charge >= 0.3 is 0 Å². The number of aromatic amines is 1. The van der Waals surface area contributed by atoms with Crippen LogP contribution in [0.4, 0.5) is 0 Å². The molecule has 2 aromatic rings. The van der Waals surface area contributed by atoms with Crippen LogP contribution >= 0.6 is 0 Å². The minimum Gasteiger partial charge on any atom is -0.266 e. The fraction of sp³-hybridized carbons (Fsp3) is 0.167. The van der Waals surface area contributed by atoms with Gasteiger partial charge in [-0.3, -0.25) is 4.79 Å². The predicted molar refractivity (Wildman–Crippen MR) is 38.3 cm³/mol. The van der Waals surface area contributed by atoms with Gasteiger partial charge in [-0.1, -0.05) is 0 Å². The van der Waals surface area contributed by atoms with Crippen molar-refractivity contribution in [1.82, 2.24) is 19.8 Å². The zero-order valence-corrected chi connectivity index (χ0v) is 5.90. The Hall–Kier alpha value is -1.65. The lowest BCUT2D eigenvalue weighted by Crippen LogP contribution is -2.11. The van der Waals surface area contributed by atoms with E-state index in [1.807, 2.05) is 6.92 Å². The molecule has 5 heteroatoms. The van der Waals surface area contributed by atoms with E-state index in [-0.39, 0.29) is 5.56 Å². The topological polar surface area (TPSA) is 63.1 Å². The van der Waals surface area contributed by atoms with Crippen LogP contribution in [0.25, 0.3) is 5.52 Å². The van der Waals surface area contributed by atoms with Gasteiger partial charge in [0, 0.05) is 5.56 Å². The minimum atomic E-state index is -0.206. The van der Waals surface area contributed by atoms with Gasteiger partial charge < -0.3 is 0 Å². The van der Waals surface area contributed by atoms with E-state index < -0.39 is 0 Å². The third kappa shape index (κ3) is 0.739. The van der Waals surface area contributed by atoms with Gasteiger partial charge in [-0.15, -0.1) is 0 Å². The monoisotopic (exact) mass is 150 g/mol. The Kier molecular flexibility index (Phi) is 1.06. The standard InChI is InChI=1S/C6H6N4O/c1-4-2-8-10-3-7-9-6(11)5(4)10/h2-3H,1H3,(H,9,11). The quantitative estimate of drug-likeness (QED) is 0.562. The fourth-order valence-corrected chi connectivity index (χ4v) is 1.01. The first kappa shape index (κ1) is 6.09. The maximum atomic E-state index is 11.1. The van der Waals surface area contributed by atoms with Crippen LogP contribution in [0.3, 0.4) is 0 Å². The molecule has 0 fully saturated rings. The summed E-state index contributed by atoms with van der Waals surface area (Å²) in [7, 11) is 0. The molecule has 11 heavy (non-hydrogen) atoms. The van der Waals surface area contributed by atoms with Crippen molar-refractivity contribution < 1.29 is 0 Å². The molecule has 2 aromatic heterocycles. The Morgan fingerprint density at radius 3 is 3.18 bits per heavy atom. The molecule has 5 nitrogen and oxygen atoms in total. The van der Waals surface area contributed by atoms with Gasteiger partial charge in [-0.25, -0.2) is 9.61 Å². The van der Waals surface area contributed by atoms with E-state index in [9.17, 15) is 4.79 Å². The first-order valence-corrected chi connectivity index (χ1v) is 3.16. The summed E-state index contributed by atoms with van der Waals surface area (Å²) in [6, 6.07) is 0. The molecular formula is C6H6N4O. The normalized spacial score (nSPS) is 10.6. The van der Waals surface area contributed by atoms with Gasteiger partial charge in [0.2, 0.25) is 0 Å². The molecule has 1 N–H and O–H groups in total. The summed E-state index contributed by atoms with van der Waals surface area (Å²) >= 11 is 0. The van der Waals surface area contributed by atoms with E-state index in [0.717, 1.165) is 5.56 Å². The summed E-state index contributed by atoms with van der Waals surface area (Å²) in [4.78, 5) is 11.1. The molecule has 0 aliphatic rings. The van der Waals surface area contributed by atoms with E-state index in [0.29, 0.717) is 5.52 Å². The number of rotatable bonds is 0. The van der Waals surface area contributed by atoms with Crippen molar-refractivity contribution in [3.63, 3.8) is 0 Å². The van der Waals surface area contributed by atoms with E-state index in [1.165, 1.54) is 10.8 Å². The first-order chi connectivity index (χ1) is 5.29. The van der Waals surface area contributed by atoms with Crippen molar-refractivity contribution in [2.24, 2.45) is 0 Å². The number of aromatic nitrogens is 4. The van der Waals surface area contributed by atoms with Crippen LogP contribution in [-0.4, -0.2) is 19.8 Å². The maximum absolute atomic E-state index is 11.1. The van der Waals surface area contributed by atoms with E-state index in [1.54, 1.807) is 6.20 Å². The number of hydrogen-bond donors (Lipinski definition) is 1. The SMILES string of the molecule is Cc1cnn2cn[nH]c(=O)c12. The molecule has 0 radical (unpaired) electrons. The lowest BCUT2D eigenvalue weighted by atomic mass is 10.3. The van der Waals surface area contributed by atoms with Crippen LogP contribution in [0.1, 0.15) is 5.56 Å². The van der Waals surface area contributed by atoms with E-state index in [4.69, 9.17) is 0 Å². The van der Waals surface area contributed by atoms with E-state index in [2.05, 4.69) is 15.3 Å². The van der Waals surface area contributed by atoms with Crippen molar-refractivity contribution >= 4 is 5.52 Å². The number of hydrogen-bond acceptors (Lipinski definition) is 3. The predicted octanol–water partition coefficient (Wildman–Crippen LogP) is -0.274. The van der Waals surface area contributed by atoms with Gasteiger partial charge in [0.05, 0.1) is 6.20 Å². The zero-order valence-electron chi connectivity index (χ0n) is 5.90. The molecule has 0 atom stereocenters. The van der Waals surface area contributed by atoms with Gasteiger partial charge in [0.25, 0.3) is 5.56 Å². The van der Waals surface area contributed by atoms with Crippen LogP contribution in [0.2, 0.25) is 0 Å². The molecule has 0 bridgehead atoms. The zero-order chi connectivity index (χ0) is 7.84. The summed E-state index contributed by atoms with van der Waals surface area (Å²) in [5.74, 6) is 0. The molecule has 0 unspecified atom stereocenters. The smallest absolute Gasteiger partial charge is 0.266 e. The van der Waals surface area contributed by atoms with Crippen molar-refractivity contribution in [2.75, 3.05) is 0 Å². The maximum Gasteiger partial charge on any atom is 0.290 e. The average Bonchev–Trinajstić information content (AvgIpc) is 2.34. The highest BCUT2D eigenvalue weighted by Gasteiger charge is 2.01. The molecule has 0 aliphatic carbocycles. The average molecular weight is 150 g/mol. The molecule has 0 aliphatic heterocycles. The second-order valence-corrected chi connectivity index (χ2v) is 2.31. The largest absolute Gasteiger partial charge is 0.290 e. The van der Waals surface area contributed by atoms with Crippen LogP contribution < -0.4 is 5.56 Å². The van der Waals surface area contributed by atoms with Crippen LogP contribution in [-0.2, 0) is 0 Å². The number of fused-ring (bicyclic) bond motifs is 1. The van der Waals surface area contributed by atoms with Crippen molar-refractivity contribution in [3.8, 4) is 0 Å². The third-order valence-corrected chi connectivity index (χ3v) is 1.53. The number of nitrogens with zero attached hydrogens (tertiary/aromatic N) is 3. The number of nitrogens with one attached hydrogen (secondary N) is 1. The first-order valence-electron chi connectivity index (χ1n) is 3.16. The highest BCUT2D eigenvalue weighted by molar-refractivity contribution is 5.49. The molecule has 0 saturated carbocycles. The Morgan fingerprint density at radius 2 is 2.45 bits per heavy atom.